The zero-order valence-corrected chi connectivity index (χ0v) is 11.0. The average molecular weight is 291 g/mol. The molecule has 0 bridgehead atoms. The third-order valence-electron chi connectivity index (χ3n) is 3.30. The Morgan fingerprint density at radius 3 is 2.62 bits per heavy atom. The van der Waals surface area contributed by atoms with Crippen LogP contribution in [-0.2, 0) is 6.54 Å². The fraction of sp³-hybridized carbons (Fsp3) is 0.143. The number of nitrogens with zero attached hydrogens (tertiary/aromatic N) is 2. The number of rotatable bonds is 2. The summed E-state index contributed by atoms with van der Waals surface area (Å²) in [5, 5.41) is 9.95. The van der Waals surface area contributed by atoms with Gasteiger partial charge in [0.25, 0.3) is 5.43 Å². The van der Waals surface area contributed by atoms with Crippen LogP contribution in [0.3, 0.4) is 0 Å². The van der Waals surface area contributed by atoms with Crippen LogP contribution in [0.4, 0.5) is 8.78 Å². The highest BCUT2D eigenvalue weighted by atomic mass is 19.1. The summed E-state index contributed by atoms with van der Waals surface area (Å²) in [5.41, 5.74) is -1.21. The quantitative estimate of drug-likeness (QED) is 0.761. The second-order valence-electron chi connectivity index (χ2n) is 4.50. The Bertz CT molecular complexity index is 879. The first-order valence-corrected chi connectivity index (χ1v) is 6.29. The van der Waals surface area contributed by atoms with E-state index in [1.165, 1.54) is 12.4 Å². The van der Waals surface area contributed by atoms with Gasteiger partial charge in [-0.15, -0.1) is 0 Å². The van der Waals surface area contributed by atoms with Crippen molar-refractivity contribution in [2.24, 2.45) is 0 Å². The standard InChI is InChI=1S/C14H11F2N3O2/c1-2-19-6-17-11-13(21)12(20)10(18-14(11)19)9-7(15)4-3-5-8(9)16/h3-6,20H,2H2,1H3,(H,18,21). The summed E-state index contributed by atoms with van der Waals surface area (Å²) in [4.78, 5) is 18.7. The predicted octanol–water partition coefficient (Wildman–Crippen LogP) is 2.40. The number of nitrogens with one attached hydrogen (secondary N) is 1. The van der Waals surface area contributed by atoms with Gasteiger partial charge in [-0.25, -0.2) is 13.8 Å². The van der Waals surface area contributed by atoms with Gasteiger partial charge < -0.3 is 14.7 Å². The molecule has 0 radical (unpaired) electrons. The van der Waals surface area contributed by atoms with Crippen LogP contribution in [0, 0.1) is 11.6 Å². The topological polar surface area (TPSA) is 70.9 Å². The fourth-order valence-electron chi connectivity index (χ4n) is 2.24. The van der Waals surface area contributed by atoms with Crippen molar-refractivity contribution >= 4 is 11.2 Å². The second-order valence-corrected chi connectivity index (χ2v) is 4.50. The lowest BCUT2D eigenvalue weighted by atomic mass is 10.1. The second kappa shape index (κ2) is 4.69. The van der Waals surface area contributed by atoms with Crippen molar-refractivity contribution in [1.29, 1.82) is 0 Å². The lowest BCUT2D eigenvalue weighted by Gasteiger charge is -2.08. The molecule has 0 aliphatic rings. The van der Waals surface area contributed by atoms with Gasteiger partial charge >= 0.3 is 0 Å². The van der Waals surface area contributed by atoms with Crippen LogP contribution >= 0.6 is 0 Å². The molecule has 0 atom stereocenters. The largest absolute Gasteiger partial charge is 0.503 e. The van der Waals surface area contributed by atoms with Gasteiger partial charge in [0.15, 0.2) is 11.3 Å². The van der Waals surface area contributed by atoms with Crippen LogP contribution in [0.5, 0.6) is 5.75 Å². The van der Waals surface area contributed by atoms with E-state index in [1.54, 1.807) is 4.57 Å². The summed E-state index contributed by atoms with van der Waals surface area (Å²) >= 11 is 0. The summed E-state index contributed by atoms with van der Waals surface area (Å²) in [6.07, 6.45) is 1.42. The molecule has 2 heterocycles. The molecular weight excluding hydrogens is 280 g/mol. The molecule has 5 nitrogen and oxygen atoms in total. The number of hydrogen-bond donors (Lipinski definition) is 2. The Balaban J connectivity index is 2.43. The molecule has 2 N–H and O–H groups in total. The SMILES string of the molecule is CCn1cnc2c(=O)c(O)c(-c3c(F)cccc3F)[nH]c21. The van der Waals surface area contributed by atoms with Gasteiger partial charge in [-0.2, -0.15) is 0 Å². The molecule has 3 rings (SSSR count). The van der Waals surface area contributed by atoms with Gasteiger partial charge in [-0.3, -0.25) is 4.79 Å². The van der Waals surface area contributed by atoms with E-state index in [0.717, 1.165) is 12.1 Å². The molecular formula is C14H11F2N3O2. The number of hydrogen-bond acceptors (Lipinski definition) is 3. The number of pyridine rings is 1. The van der Waals surface area contributed by atoms with Crippen LogP contribution in [0.15, 0.2) is 29.3 Å². The molecule has 0 spiro atoms. The first kappa shape index (κ1) is 13.3. The summed E-state index contributed by atoms with van der Waals surface area (Å²) in [7, 11) is 0. The van der Waals surface area contributed by atoms with E-state index in [2.05, 4.69) is 9.97 Å². The molecule has 0 aliphatic carbocycles. The molecule has 108 valence electrons. The van der Waals surface area contributed by atoms with E-state index < -0.39 is 28.4 Å². The molecule has 7 heteroatoms. The molecule has 2 aromatic heterocycles. The number of benzene rings is 1. The highest BCUT2D eigenvalue weighted by molar-refractivity contribution is 5.80. The first-order valence-electron chi connectivity index (χ1n) is 6.29. The monoisotopic (exact) mass is 291 g/mol. The number of fused-ring (bicyclic) bond motifs is 1. The van der Waals surface area contributed by atoms with Crippen molar-refractivity contribution in [3.63, 3.8) is 0 Å². The van der Waals surface area contributed by atoms with E-state index in [0.29, 0.717) is 12.2 Å². The Hall–Kier alpha value is -2.70. The molecule has 0 amide bonds. The number of halogens is 2. The molecule has 0 unspecified atom stereocenters. The minimum absolute atomic E-state index is 0.0230. The van der Waals surface area contributed by atoms with Crippen LogP contribution in [0.25, 0.3) is 22.4 Å². The third-order valence-corrected chi connectivity index (χ3v) is 3.30. The lowest BCUT2D eigenvalue weighted by Crippen LogP contribution is -2.08. The molecule has 3 aromatic rings. The number of aromatic hydroxyl groups is 1. The van der Waals surface area contributed by atoms with Crippen LogP contribution in [0.1, 0.15) is 6.92 Å². The maximum Gasteiger partial charge on any atom is 0.251 e. The summed E-state index contributed by atoms with van der Waals surface area (Å²) in [6.45, 7) is 2.34. The van der Waals surface area contributed by atoms with Gasteiger partial charge in [0.2, 0.25) is 0 Å². The zero-order chi connectivity index (χ0) is 15.1. The Labute approximate surface area is 117 Å². The number of aromatic nitrogens is 3. The molecule has 0 saturated heterocycles. The highest BCUT2D eigenvalue weighted by Crippen LogP contribution is 2.30. The third kappa shape index (κ3) is 1.89. The smallest absolute Gasteiger partial charge is 0.251 e. The molecule has 0 aliphatic heterocycles. The number of H-pyrrole nitrogens is 1. The van der Waals surface area contributed by atoms with Crippen LogP contribution in [0.2, 0.25) is 0 Å². The van der Waals surface area contributed by atoms with E-state index in [1.807, 2.05) is 6.92 Å². The van der Waals surface area contributed by atoms with E-state index in [9.17, 15) is 18.7 Å². The van der Waals surface area contributed by atoms with Crippen molar-refractivity contribution < 1.29 is 13.9 Å². The normalized spacial score (nSPS) is 11.2. The molecule has 0 saturated carbocycles. The van der Waals surface area contributed by atoms with Crippen LogP contribution in [-0.4, -0.2) is 19.6 Å². The summed E-state index contributed by atoms with van der Waals surface area (Å²) in [6, 6.07) is 3.31. The number of imidazole rings is 1. The first-order chi connectivity index (χ1) is 10.0. The van der Waals surface area contributed by atoms with Crippen molar-refractivity contribution in [2.75, 3.05) is 0 Å². The number of aryl methyl sites for hydroxylation is 1. The average Bonchev–Trinajstić information content (AvgIpc) is 2.87. The summed E-state index contributed by atoms with van der Waals surface area (Å²) in [5.74, 6) is -2.50. The lowest BCUT2D eigenvalue weighted by molar-refractivity contribution is 0.469. The van der Waals surface area contributed by atoms with Crippen molar-refractivity contribution in [3.8, 4) is 17.0 Å². The van der Waals surface area contributed by atoms with E-state index >= 15 is 0 Å². The molecule has 21 heavy (non-hydrogen) atoms. The van der Waals surface area contributed by atoms with Crippen molar-refractivity contribution in [1.82, 2.24) is 14.5 Å². The maximum absolute atomic E-state index is 13.9. The van der Waals surface area contributed by atoms with Crippen LogP contribution < -0.4 is 5.43 Å². The Kier molecular flexibility index (Phi) is 2.97. The van der Waals surface area contributed by atoms with Gasteiger partial charge in [0.05, 0.1) is 17.6 Å². The van der Waals surface area contributed by atoms with Crippen molar-refractivity contribution in [2.45, 2.75) is 13.5 Å². The minimum Gasteiger partial charge on any atom is -0.503 e. The predicted molar refractivity (Wildman–Crippen MR) is 73.0 cm³/mol. The molecule has 1 aromatic carbocycles. The van der Waals surface area contributed by atoms with E-state index in [4.69, 9.17) is 0 Å². The van der Waals surface area contributed by atoms with Gasteiger partial charge in [0, 0.05) is 6.54 Å². The number of aromatic amines is 1. The zero-order valence-electron chi connectivity index (χ0n) is 11.0. The highest BCUT2D eigenvalue weighted by Gasteiger charge is 2.21. The fourth-order valence-corrected chi connectivity index (χ4v) is 2.24. The minimum atomic E-state index is -0.872. The van der Waals surface area contributed by atoms with E-state index in [-0.39, 0.29) is 11.2 Å². The van der Waals surface area contributed by atoms with Crippen molar-refractivity contribution in [3.05, 3.63) is 46.4 Å². The molecule has 0 fully saturated rings. The Morgan fingerprint density at radius 1 is 1.33 bits per heavy atom. The van der Waals surface area contributed by atoms with Gasteiger partial charge in [-0.05, 0) is 19.1 Å². The summed E-state index contributed by atoms with van der Waals surface area (Å²) < 4.78 is 29.3. The van der Waals surface area contributed by atoms with Gasteiger partial charge in [0.1, 0.15) is 17.3 Å². The van der Waals surface area contributed by atoms with Gasteiger partial charge in [-0.1, -0.05) is 6.07 Å². The maximum atomic E-state index is 13.9. The Morgan fingerprint density at radius 2 is 2.00 bits per heavy atom.